The summed E-state index contributed by atoms with van der Waals surface area (Å²) in [6, 6.07) is 8.78. The summed E-state index contributed by atoms with van der Waals surface area (Å²) in [5, 5.41) is 2.73. The smallest absolute Gasteiger partial charge is 0.349 e. The summed E-state index contributed by atoms with van der Waals surface area (Å²) in [7, 11) is 0. The summed E-state index contributed by atoms with van der Waals surface area (Å²) in [6.07, 6.45) is -4.61. The van der Waals surface area contributed by atoms with Gasteiger partial charge >= 0.3 is 6.18 Å². The van der Waals surface area contributed by atoms with Crippen molar-refractivity contribution >= 4 is 46.4 Å². The number of rotatable bonds is 3. The van der Waals surface area contributed by atoms with E-state index < -0.39 is 28.6 Å². The van der Waals surface area contributed by atoms with Gasteiger partial charge in [0, 0.05) is 10.7 Å². The fourth-order valence-electron chi connectivity index (χ4n) is 2.53. The third-order valence-electron chi connectivity index (χ3n) is 3.92. The van der Waals surface area contributed by atoms with E-state index in [9.17, 15) is 22.8 Å². The van der Waals surface area contributed by atoms with Crippen LogP contribution in [0.1, 0.15) is 11.1 Å². The summed E-state index contributed by atoms with van der Waals surface area (Å²) in [6.45, 7) is 1.75. The third-order valence-corrected chi connectivity index (χ3v) is 4.50. The van der Waals surface area contributed by atoms with Crippen LogP contribution >= 0.6 is 23.2 Å². The van der Waals surface area contributed by atoms with Crippen LogP contribution in [-0.2, 0) is 15.8 Å². The van der Waals surface area contributed by atoms with Gasteiger partial charge in [-0.3, -0.25) is 9.59 Å². The number of hydrogen-bond donors (Lipinski definition) is 1. The molecular weight excluding hydrogens is 404 g/mol. The van der Waals surface area contributed by atoms with Crippen LogP contribution in [0.25, 0.3) is 0 Å². The Kier molecular flexibility index (Phi) is 4.92. The van der Waals surface area contributed by atoms with E-state index in [1.54, 1.807) is 25.1 Å². The molecule has 0 saturated heterocycles. The highest BCUT2D eigenvalue weighted by atomic mass is 35.5. The van der Waals surface area contributed by atoms with Crippen molar-refractivity contribution in [1.82, 2.24) is 0 Å². The van der Waals surface area contributed by atoms with Crippen molar-refractivity contribution in [3.8, 4) is 0 Å². The standard InChI is InChI=1S/C18H11Cl2F3N2O2/c1-9-5-6-11(19)8-13(9)24-15-14(20)16(26)25(17(15)27)12-4-2-3-10(7-12)18(21,22)23/h2-8,24H,1H3. The molecule has 0 fully saturated rings. The largest absolute Gasteiger partial charge is 0.416 e. The highest BCUT2D eigenvalue weighted by Crippen LogP contribution is 2.35. The lowest BCUT2D eigenvalue weighted by Gasteiger charge is -2.17. The van der Waals surface area contributed by atoms with Crippen LogP contribution in [0, 0.1) is 6.92 Å². The van der Waals surface area contributed by atoms with Crippen molar-refractivity contribution in [2.45, 2.75) is 13.1 Å². The number of nitrogens with zero attached hydrogens (tertiary/aromatic N) is 1. The normalized spacial score (nSPS) is 15.0. The van der Waals surface area contributed by atoms with Crippen LogP contribution in [0.15, 0.2) is 53.2 Å². The van der Waals surface area contributed by atoms with Gasteiger partial charge in [-0.2, -0.15) is 13.2 Å². The molecule has 27 heavy (non-hydrogen) atoms. The number of aryl methyl sites for hydroxylation is 1. The minimum atomic E-state index is -4.61. The van der Waals surface area contributed by atoms with Crippen molar-refractivity contribution in [2.24, 2.45) is 0 Å². The Bertz CT molecular complexity index is 987. The topological polar surface area (TPSA) is 49.4 Å². The molecule has 2 aromatic rings. The van der Waals surface area contributed by atoms with E-state index in [0.717, 1.165) is 17.7 Å². The minimum Gasteiger partial charge on any atom is -0.349 e. The second kappa shape index (κ2) is 6.90. The molecule has 1 heterocycles. The molecule has 9 heteroatoms. The highest BCUT2D eigenvalue weighted by Gasteiger charge is 2.40. The Hall–Kier alpha value is -2.51. The van der Waals surface area contributed by atoms with E-state index in [-0.39, 0.29) is 11.4 Å². The van der Waals surface area contributed by atoms with Gasteiger partial charge < -0.3 is 5.32 Å². The summed E-state index contributed by atoms with van der Waals surface area (Å²) >= 11 is 11.9. The number of alkyl halides is 3. The van der Waals surface area contributed by atoms with Gasteiger partial charge in [-0.25, -0.2) is 4.90 Å². The molecule has 3 rings (SSSR count). The van der Waals surface area contributed by atoms with E-state index in [4.69, 9.17) is 23.2 Å². The predicted molar refractivity (Wildman–Crippen MR) is 96.6 cm³/mol. The van der Waals surface area contributed by atoms with Crippen molar-refractivity contribution < 1.29 is 22.8 Å². The summed E-state index contributed by atoms with van der Waals surface area (Å²) in [5.74, 6) is -1.77. The van der Waals surface area contributed by atoms with Crippen LogP contribution in [0.5, 0.6) is 0 Å². The zero-order valence-electron chi connectivity index (χ0n) is 13.7. The van der Waals surface area contributed by atoms with E-state index >= 15 is 0 Å². The van der Waals surface area contributed by atoms with Crippen molar-refractivity contribution in [3.63, 3.8) is 0 Å². The van der Waals surface area contributed by atoms with E-state index in [0.29, 0.717) is 21.7 Å². The number of halogens is 5. The fraction of sp³-hybridized carbons (Fsp3) is 0.111. The van der Waals surface area contributed by atoms with Gasteiger partial charge in [-0.1, -0.05) is 35.3 Å². The van der Waals surface area contributed by atoms with Gasteiger partial charge in [-0.05, 0) is 42.8 Å². The van der Waals surface area contributed by atoms with Crippen LogP contribution in [0.4, 0.5) is 24.5 Å². The molecule has 2 amide bonds. The highest BCUT2D eigenvalue weighted by molar-refractivity contribution is 6.53. The number of benzene rings is 2. The number of carbonyl (C=O) groups excluding carboxylic acids is 2. The molecule has 0 saturated carbocycles. The maximum absolute atomic E-state index is 12.9. The molecule has 140 valence electrons. The summed E-state index contributed by atoms with van der Waals surface area (Å²) in [5.41, 5.74) is -0.261. The van der Waals surface area contributed by atoms with E-state index in [1.807, 2.05) is 0 Å². The molecule has 1 aliphatic rings. The first-order valence-corrected chi connectivity index (χ1v) is 8.34. The minimum absolute atomic E-state index is 0.224. The van der Waals surface area contributed by atoms with E-state index in [1.165, 1.54) is 6.07 Å². The predicted octanol–water partition coefficient (Wildman–Crippen LogP) is 5.10. The number of anilines is 2. The zero-order chi connectivity index (χ0) is 19.9. The lowest BCUT2D eigenvalue weighted by molar-refractivity contribution is -0.137. The fourth-order valence-corrected chi connectivity index (χ4v) is 2.92. The molecule has 0 spiro atoms. The third kappa shape index (κ3) is 3.65. The average Bonchev–Trinajstić information content (AvgIpc) is 2.81. The number of nitrogens with one attached hydrogen (secondary N) is 1. The summed E-state index contributed by atoms with van der Waals surface area (Å²) < 4.78 is 38.8. The molecule has 0 unspecified atom stereocenters. The number of carbonyl (C=O) groups is 2. The monoisotopic (exact) mass is 414 g/mol. The van der Waals surface area contributed by atoms with E-state index in [2.05, 4.69) is 5.32 Å². The maximum Gasteiger partial charge on any atom is 0.416 e. The van der Waals surface area contributed by atoms with Crippen LogP contribution in [-0.4, -0.2) is 11.8 Å². The molecule has 1 aliphatic heterocycles. The molecule has 0 atom stereocenters. The Morgan fingerprint density at radius 3 is 2.37 bits per heavy atom. The first-order valence-electron chi connectivity index (χ1n) is 7.58. The molecule has 2 aromatic carbocycles. The quantitative estimate of drug-likeness (QED) is 0.710. The summed E-state index contributed by atoms with van der Waals surface area (Å²) in [4.78, 5) is 25.7. The van der Waals surface area contributed by atoms with Gasteiger partial charge in [-0.15, -0.1) is 0 Å². The molecule has 0 bridgehead atoms. The first-order chi connectivity index (χ1) is 12.6. The molecular formula is C18H11Cl2F3N2O2. The van der Waals surface area contributed by atoms with Gasteiger partial charge in [0.15, 0.2) is 0 Å². The van der Waals surface area contributed by atoms with Crippen molar-refractivity contribution in [1.29, 1.82) is 0 Å². The van der Waals surface area contributed by atoms with Gasteiger partial charge in [0.25, 0.3) is 11.8 Å². The van der Waals surface area contributed by atoms with Crippen LogP contribution in [0.3, 0.4) is 0 Å². The van der Waals surface area contributed by atoms with Crippen molar-refractivity contribution in [2.75, 3.05) is 10.2 Å². The van der Waals surface area contributed by atoms with Gasteiger partial charge in [0.1, 0.15) is 10.7 Å². The molecule has 0 aromatic heterocycles. The first kappa shape index (κ1) is 19.3. The SMILES string of the molecule is Cc1ccc(Cl)cc1NC1=C(Cl)C(=O)N(c2cccc(C(F)(F)F)c2)C1=O. The molecule has 0 aliphatic carbocycles. The lowest BCUT2D eigenvalue weighted by atomic mass is 10.2. The number of amides is 2. The zero-order valence-corrected chi connectivity index (χ0v) is 15.2. The molecule has 4 nitrogen and oxygen atoms in total. The maximum atomic E-state index is 12.9. The second-order valence-corrected chi connectivity index (χ2v) is 6.58. The Balaban J connectivity index is 1.96. The molecule has 0 radical (unpaired) electrons. The lowest BCUT2D eigenvalue weighted by Crippen LogP contribution is -2.32. The van der Waals surface area contributed by atoms with Gasteiger partial charge in [0.2, 0.25) is 0 Å². The Morgan fingerprint density at radius 2 is 1.70 bits per heavy atom. The Labute approximate surface area is 162 Å². The number of hydrogen-bond acceptors (Lipinski definition) is 3. The van der Waals surface area contributed by atoms with Crippen LogP contribution < -0.4 is 10.2 Å². The Morgan fingerprint density at radius 1 is 1.00 bits per heavy atom. The van der Waals surface area contributed by atoms with Crippen LogP contribution in [0.2, 0.25) is 5.02 Å². The molecule has 1 N–H and O–H groups in total. The van der Waals surface area contributed by atoms with Crippen molar-refractivity contribution in [3.05, 3.63) is 69.3 Å². The average molecular weight is 415 g/mol. The van der Waals surface area contributed by atoms with Gasteiger partial charge in [0.05, 0.1) is 11.3 Å². The number of imide groups is 1. The second-order valence-electron chi connectivity index (χ2n) is 5.77.